The molecule has 0 saturated carbocycles. The first-order chi connectivity index (χ1) is 11.3. The fourth-order valence-corrected chi connectivity index (χ4v) is 3.53. The lowest BCUT2D eigenvalue weighted by Gasteiger charge is -2.26. The average molecular weight is 411 g/mol. The maximum atomic E-state index is 11.6. The maximum absolute atomic E-state index is 11.6. The fraction of sp³-hybridized carbons (Fsp3) is 0.562. The largest absolute Gasteiger partial charge is 0.444 e. The second kappa shape index (κ2) is 8.58. The van der Waals surface area contributed by atoms with Gasteiger partial charge in [-0.25, -0.2) is 18.4 Å². The molecule has 1 amide bonds. The number of sulfonamides is 1. The van der Waals surface area contributed by atoms with Crippen LogP contribution in [0.3, 0.4) is 0 Å². The predicted octanol–water partition coefficient (Wildman–Crippen LogP) is 4.05. The molecule has 1 aromatic carbocycles. The number of ether oxygens (including phenoxy) is 1. The molecule has 0 unspecified atom stereocenters. The van der Waals surface area contributed by atoms with E-state index in [0.29, 0.717) is 6.04 Å². The number of hydrogen-bond acceptors (Lipinski definition) is 4. The molecule has 0 radical (unpaired) electrons. The van der Waals surface area contributed by atoms with Gasteiger partial charge in [0.25, 0.3) is 0 Å². The summed E-state index contributed by atoms with van der Waals surface area (Å²) in [6.45, 7) is 8.59. The van der Waals surface area contributed by atoms with Crippen LogP contribution in [0.1, 0.15) is 40.5 Å². The molecule has 0 aliphatic carbocycles. The van der Waals surface area contributed by atoms with Crippen LogP contribution in [0.2, 0.25) is 10.0 Å². The molecule has 0 bridgehead atoms. The van der Waals surface area contributed by atoms with Crippen molar-refractivity contribution in [2.24, 2.45) is 5.14 Å². The van der Waals surface area contributed by atoms with E-state index in [2.05, 4.69) is 6.92 Å². The van der Waals surface area contributed by atoms with Crippen molar-refractivity contribution in [3.63, 3.8) is 0 Å². The Labute approximate surface area is 159 Å². The van der Waals surface area contributed by atoms with Crippen LogP contribution in [0, 0.1) is 0 Å². The first kappa shape index (κ1) is 22.0. The lowest BCUT2D eigenvalue weighted by molar-refractivity contribution is 0.0239. The van der Waals surface area contributed by atoms with Crippen LogP contribution in [0.5, 0.6) is 0 Å². The standard InChI is InChI=1S/C10H19NO2.C6H5Cl2NO2S/c1-8-6-5-7-11(8)9(12)13-10(2,3)4;7-4-1-2-5(8)6(3-4)12(9,10)11/h8H,5-7H2,1-4H3;1-3H,(H2,9,10,11)/t8-;/m0./s1. The van der Waals surface area contributed by atoms with Gasteiger partial charge in [0.2, 0.25) is 10.0 Å². The molecule has 1 aromatic rings. The molecule has 1 aliphatic rings. The Balaban J connectivity index is 0.000000251. The molecule has 6 nitrogen and oxygen atoms in total. The minimum absolute atomic E-state index is 0.0712. The Morgan fingerprint density at radius 3 is 2.32 bits per heavy atom. The molecule has 2 N–H and O–H groups in total. The zero-order chi connectivity index (χ0) is 19.4. The maximum Gasteiger partial charge on any atom is 0.410 e. The highest BCUT2D eigenvalue weighted by molar-refractivity contribution is 7.89. The van der Waals surface area contributed by atoms with E-state index < -0.39 is 10.0 Å². The number of primary sulfonamides is 1. The van der Waals surface area contributed by atoms with Crippen molar-refractivity contribution in [2.45, 2.75) is 57.1 Å². The van der Waals surface area contributed by atoms with Crippen molar-refractivity contribution in [2.75, 3.05) is 6.54 Å². The summed E-state index contributed by atoms with van der Waals surface area (Å²) < 4.78 is 27.0. The lowest BCUT2D eigenvalue weighted by atomic mass is 10.2. The smallest absolute Gasteiger partial charge is 0.410 e. The summed E-state index contributed by atoms with van der Waals surface area (Å²) in [6, 6.07) is 4.41. The van der Waals surface area contributed by atoms with Gasteiger partial charge in [-0.3, -0.25) is 0 Å². The van der Waals surface area contributed by atoms with E-state index in [1.807, 2.05) is 25.7 Å². The molecular weight excluding hydrogens is 387 g/mol. The van der Waals surface area contributed by atoms with Crippen molar-refractivity contribution in [3.8, 4) is 0 Å². The molecule has 1 aliphatic heterocycles. The van der Waals surface area contributed by atoms with Gasteiger partial charge in [0.15, 0.2) is 0 Å². The normalized spacial score (nSPS) is 17.7. The highest BCUT2D eigenvalue weighted by atomic mass is 35.5. The summed E-state index contributed by atoms with van der Waals surface area (Å²) in [5.41, 5.74) is -0.376. The number of amides is 1. The Morgan fingerprint density at radius 1 is 1.32 bits per heavy atom. The highest BCUT2D eigenvalue weighted by Gasteiger charge is 2.29. The second-order valence-corrected chi connectivity index (χ2v) is 9.16. The molecule has 25 heavy (non-hydrogen) atoms. The second-order valence-electron chi connectivity index (χ2n) is 6.78. The summed E-state index contributed by atoms with van der Waals surface area (Å²) >= 11 is 11.1. The third-order valence-electron chi connectivity index (χ3n) is 3.38. The molecule has 9 heteroatoms. The molecule has 1 atom stereocenters. The number of halogens is 2. The zero-order valence-electron chi connectivity index (χ0n) is 14.8. The molecule has 1 fully saturated rings. The predicted molar refractivity (Wildman–Crippen MR) is 99.5 cm³/mol. The van der Waals surface area contributed by atoms with E-state index in [-0.39, 0.29) is 26.6 Å². The van der Waals surface area contributed by atoms with Gasteiger partial charge in [-0.2, -0.15) is 0 Å². The van der Waals surface area contributed by atoms with Crippen molar-refractivity contribution in [3.05, 3.63) is 28.2 Å². The van der Waals surface area contributed by atoms with Gasteiger partial charge in [0, 0.05) is 17.6 Å². The van der Waals surface area contributed by atoms with E-state index >= 15 is 0 Å². The minimum Gasteiger partial charge on any atom is -0.444 e. The molecule has 1 heterocycles. The Morgan fingerprint density at radius 2 is 1.92 bits per heavy atom. The highest BCUT2D eigenvalue weighted by Crippen LogP contribution is 2.23. The number of hydrogen-bond donors (Lipinski definition) is 1. The van der Waals surface area contributed by atoms with Crippen molar-refractivity contribution >= 4 is 39.3 Å². The summed E-state index contributed by atoms with van der Waals surface area (Å²) in [5, 5.41) is 5.21. The monoisotopic (exact) mass is 410 g/mol. The molecule has 0 spiro atoms. The molecule has 1 saturated heterocycles. The van der Waals surface area contributed by atoms with Crippen molar-refractivity contribution in [1.82, 2.24) is 4.90 Å². The Hall–Kier alpha value is -1.02. The first-order valence-corrected chi connectivity index (χ1v) is 10.1. The number of carbonyl (C=O) groups is 1. The van der Waals surface area contributed by atoms with E-state index in [1.165, 1.54) is 18.2 Å². The Kier molecular flexibility index (Phi) is 7.55. The van der Waals surface area contributed by atoms with Crippen LogP contribution >= 0.6 is 23.2 Å². The van der Waals surface area contributed by atoms with Gasteiger partial charge in [-0.15, -0.1) is 0 Å². The minimum atomic E-state index is -3.77. The number of likely N-dealkylation sites (tertiary alicyclic amines) is 1. The van der Waals surface area contributed by atoms with Gasteiger partial charge in [0.05, 0.1) is 5.02 Å². The topological polar surface area (TPSA) is 89.7 Å². The van der Waals surface area contributed by atoms with E-state index in [1.54, 1.807) is 0 Å². The number of benzene rings is 1. The summed E-state index contributed by atoms with van der Waals surface area (Å²) in [4.78, 5) is 13.2. The lowest BCUT2D eigenvalue weighted by Crippen LogP contribution is -2.38. The van der Waals surface area contributed by atoms with E-state index in [4.69, 9.17) is 33.1 Å². The van der Waals surface area contributed by atoms with Gasteiger partial charge in [-0.05, 0) is 58.7 Å². The van der Waals surface area contributed by atoms with E-state index in [9.17, 15) is 13.2 Å². The average Bonchev–Trinajstić information content (AvgIpc) is 2.85. The van der Waals surface area contributed by atoms with Crippen LogP contribution in [-0.2, 0) is 14.8 Å². The fourth-order valence-electron chi connectivity index (χ4n) is 2.22. The Bertz CT molecular complexity index is 717. The van der Waals surface area contributed by atoms with Crippen LogP contribution in [-0.4, -0.2) is 37.6 Å². The summed E-state index contributed by atoms with van der Waals surface area (Å²) in [7, 11) is -3.77. The van der Waals surface area contributed by atoms with Crippen LogP contribution in [0.15, 0.2) is 23.1 Å². The van der Waals surface area contributed by atoms with Gasteiger partial charge in [0.1, 0.15) is 10.5 Å². The zero-order valence-corrected chi connectivity index (χ0v) is 17.1. The van der Waals surface area contributed by atoms with Crippen LogP contribution < -0.4 is 5.14 Å². The molecule has 142 valence electrons. The number of nitrogens with zero attached hydrogens (tertiary/aromatic N) is 1. The van der Waals surface area contributed by atoms with Crippen molar-refractivity contribution in [1.29, 1.82) is 0 Å². The van der Waals surface area contributed by atoms with Crippen LogP contribution in [0.25, 0.3) is 0 Å². The van der Waals surface area contributed by atoms with Crippen LogP contribution in [0.4, 0.5) is 4.79 Å². The van der Waals surface area contributed by atoms with Crippen molar-refractivity contribution < 1.29 is 17.9 Å². The third-order valence-corrected chi connectivity index (χ3v) is 5.01. The number of carbonyl (C=O) groups excluding carboxylic acids is 1. The SMILES string of the molecule is C[C@H]1CCCN1C(=O)OC(C)(C)C.NS(=O)(=O)c1cc(Cl)ccc1Cl. The summed E-state index contributed by atoms with van der Waals surface area (Å²) in [5.74, 6) is 0. The van der Waals surface area contributed by atoms with Gasteiger partial charge in [-0.1, -0.05) is 23.2 Å². The van der Waals surface area contributed by atoms with E-state index in [0.717, 1.165) is 19.4 Å². The van der Waals surface area contributed by atoms with Gasteiger partial charge >= 0.3 is 6.09 Å². The summed E-state index contributed by atoms with van der Waals surface area (Å²) in [6.07, 6.45) is 2.03. The first-order valence-electron chi connectivity index (χ1n) is 7.79. The van der Waals surface area contributed by atoms with Gasteiger partial charge < -0.3 is 9.64 Å². The quantitative estimate of drug-likeness (QED) is 0.755. The third kappa shape index (κ3) is 7.40. The molecule has 0 aromatic heterocycles. The number of rotatable bonds is 1. The molecule has 2 rings (SSSR count). The number of nitrogens with two attached hydrogens (primary N) is 1. The molecular formula is C16H24Cl2N2O4S.